The minimum Gasteiger partial charge on any atom is -0.328 e. The first-order chi connectivity index (χ1) is 10.0. The van der Waals surface area contributed by atoms with Gasteiger partial charge in [0.25, 0.3) is 11.8 Å². The quantitative estimate of drug-likeness (QED) is 0.703. The number of urea groups is 1. The summed E-state index contributed by atoms with van der Waals surface area (Å²) in [6.45, 7) is 9.02. The van der Waals surface area contributed by atoms with Crippen LogP contribution < -0.4 is 0 Å². The fourth-order valence-corrected chi connectivity index (χ4v) is 2.57. The van der Waals surface area contributed by atoms with Gasteiger partial charge in [-0.15, -0.1) is 0 Å². The topological polar surface area (TPSA) is 60.9 Å². The molecule has 0 atom stereocenters. The maximum Gasteiger partial charge on any atom is 0.319 e. The smallest absolute Gasteiger partial charge is 0.319 e. The van der Waals surface area contributed by atoms with Gasteiger partial charge >= 0.3 is 6.03 Å². The average Bonchev–Trinajstić information content (AvgIpc) is 2.71. The summed E-state index contributed by atoms with van der Waals surface area (Å²) < 4.78 is 0. The predicted octanol–water partition coefficient (Wildman–Crippen LogP) is 0.781. The van der Waals surface area contributed by atoms with Crippen LogP contribution in [0.3, 0.4) is 0 Å². The molecular formula is C15H19N3O3. The van der Waals surface area contributed by atoms with Crippen LogP contribution in [0.25, 0.3) is 0 Å². The lowest BCUT2D eigenvalue weighted by molar-refractivity contribution is -0.137. The molecule has 0 N–H and O–H groups in total. The molecule has 2 aliphatic rings. The Kier molecular flexibility index (Phi) is 4.26. The van der Waals surface area contributed by atoms with E-state index in [0.29, 0.717) is 13.1 Å². The van der Waals surface area contributed by atoms with E-state index in [9.17, 15) is 14.4 Å². The Morgan fingerprint density at radius 2 is 1.57 bits per heavy atom. The second-order valence-electron chi connectivity index (χ2n) is 5.04. The van der Waals surface area contributed by atoms with Crippen molar-refractivity contribution in [2.45, 2.75) is 6.42 Å². The van der Waals surface area contributed by atoms with E-state index in [1.165, 1.54) is 12.2 Å². The molecule has 6 nitrogen and oxygen atoms in total. The van der Waals surface area contributed by atoms with Gasteiger partial charge in [-0.05, 0) is 6.42 Å². The molecule has 0 aromatic rings. The Balaban J connectivity index is 2.03. The van der Waals surface area contributed by atoms with Gasteiger partial charge in [0.15, 0.2) is 0 Å². The summed E-state index contributed by atoms with van der Waals surface area (Å²) in [5.74, 6) is -0.745. The molecule has 0 bridgehead atoms. The number of imide groups is 1. The van der Waals surface area contributed by atoms with Gasteiger partial charge in [-0.25, -0.2) is 4.79 Å². The van der Waals surface area contributed by atoms with Crippen molar-refractivity contribution in [3.8, 4) is 0 Å². The van der Waals surface area contributed by atoms with Crippen molar-refractivity contribution >= 4 is 17.8 Å². The summed E-state index contributed by atoms with van der Waals surface area (Å²) in [4.78, 5) is 40.7. The van der Waals surface area contributed by atoms with Gasteiger partial charge in [-0.3, -0.25) is 14.5 Å². The van der Waals surface area contributed by atoms with Gasteiger partial charge in [0, 0.05) is 33.2 Å². The minimum atomic E-state index is -0.372. The zero-order chi connectivity index (χ0) is 15.6. The Bertz CT molecular complexity index is 520. The van der Waals surface area contributed by atoms with Crippen LogP contribution in [0.1, 0.15) is 6.42 Å². The first kappa shape index (κ1) is 15.0. The van der Waals surface area contributed by atoms with Crippen molar-refractivity contribution < 1.29 is 14.4 Å². The predicted molar refractivity (Wildman–Crippen MR) is 78.4 cm³/mol. The molecule has 112 valence electrons. The Hall–Kier alpha value is -2.37. The first-order valence-electron chi connectivity index (χ1n) is 6.86. The van der Waals surface area contributed by atoms with Crippen LogP contribution in [0.4, 0.5) is 4.79 Å². The van der Waals surface area contributed by atoms with Crippen molar-refractivity contribution in [2.75, 3.05) is 33.2 Å². The van der Waals surface area contributed by atoms with Crippen LogP contribution in [0.5, 0.6) is 0 Å². The molecule has 0 aromatic carbocycles. The number of hydrogen-bond donors (Lipinski definition) is 0. The molecule has 0 saturated carbocycles. The van der Waals surface area contributed by atoms with Crippen LogP contribution in [0, 0.1) is 0 Å². The van der Waals surface area contributed by atoms with Crippen molar-refractivity contribution in [3.63, 3.8) is 0 Å². The Morgan fingerprint density at radius 3 is 2.10 bits per heavy atom. The maximum atomic E-state index is 12.1. The van der Waals surface area contributed by atoms with Crippen LogP contribution in [0.2, 0.25) is 0 Å². The summed E-state index contributed by atoms with van der Waals surface area (Å²) in [7, 11) is 1.74. The molecule has 6 heteroatoms. The number of amides is 4. The van der Waals surface area contributed by atoms with E-state index >= 15 is 0 Å². The van der Waals surface area contributed by atoms with E-state index in [2.05, 4.69) is 13.2 Å². The van der Waals surface area contributed by atoms with E-state index in [1.54, 1.807) is 16.8 Å². The van der Waals surface area contributed by atoms with Crippen molar-refractivity contribution in [3.05, 3.63) is 36.5 Å². The highest BCUT2D eigenvalue weighted by Crippen LogP contribution is 2.22. The molecule has 1 fully saturated rings. The Labute approximate surface area is 124 Å². The highest BCUT2D eigenvalue weighted by atomic mass is 16.2. The summed E-state index contributed by atoms with van der Waals surface area (Å²) >= 11 is 0. The summed E-state index contributed by atoms with van der Waals surface area (Å²) in [5, 5.41) is 0. The fraction of sp³-hybridized carbons (Fsp3) is 0.400. The molecule has 0 aliphatic carbocycles. The zero-order valence-corrected chi connectivity index (χ0v) is 12.2. The van der Waals surface area contributed by atoms with E-state index in [-0.39, 0.29) is 35.5 Å². The third-order valence-corrected chi connectivity index (χ3v) is 3.76. The number of carbonyl (C=O) groups is 3. The lowest BCUT2D eigenvalue weighted by atomic mass is 10.1. The highest BCUT2D eigenvalue weighted by Gasteiger charge is 2.35. The molecule has 2 heterocycles. The molecule has 2 rings (SSSR count). The average molecular weight is 289 g/mol. The van der Waals surface area contributed by atoms with Gasteiger partial charge in [0.2, 0.25) is 0 Å². The fourth-order valence-electron chi connectivity index (χ4n) is 2.57. The van der Waals surface area contributed by atoms with Gasteiger partial charge in [-0.1, -0.05) is 25.3 Å². The third-order valence-electron chi connectivity index (χ3n) is 3.76. The normalized spacial score (nSPS) is 19.7. The van der Waals surface area contributed by atoms with E-state index in [1.807, 2.05) is 0 Å². The lowest BCUT2D eigenvalue weighted by Gasteiger charge is -2.34. The van der Waals surface area contributed by atoms with Gasteiger partial charge in [0.05, 0.1) is 11.1 Å². The Morgan fingerprint density at radius 1 is 1.00 bits per heavy atom. The standard InChI is InChI=1S/C15H19N3O3/c1-4-11-12(5-2)14(20)18(13(11)19)10-9-17-8-6-7-16(3)15(17)21/h4-5H,1-2,6-10H2,3H3. The van der Waals surface area contributed by atoms with Gasteiger partial charge in [0.1, 0.15) is 0 Å². The monoisotopic (exact) mass is 289 g/mol. The molecule has 2 aliphatic heterocycles. The maximum absolute atomic E-state index is 12.1. The number of nitrogens with zero attached hydrogens (tertiary/aromatic N) is 3. The number of rotatable bonds is 5. The molecule has 1 saturated heterocycles. The van der Waals surface area contributed by atoms with E-state index in [0.717, 1.165) is 17.9 Å². The van der Waals surface area contributed by atoms with Crippen molar-refractivity contribution in [1.29, 1.82) is 0 Å². The lowest BCUT2D eigenvalue weighted by Crippen LogP contribution is -2.50. The van der Waals surface area contributed by atoms with Crippen molar-refractivity contribution in [1.82, 2.24) is 14.7 Å². The third kappa shape index (κ3) is 2.61. The molecule has 4 amide bonds. The second kappa shape index (κ2) is 5.95. The van der Waals surface area contributed by atoms with Crippen LogP contribution in [-0.2, 0) is 9.59 Å². The number of carbonyl (C=O) groups excluding carboxylic acids is 3. The van der Waals surface area contributed by atoms with Crippen LogP contribution in [-0.4, -0.2) is 65.8 Å². The second-order valence-corrected chi connectivity index (χ2v) is 5.04. The summed E-state index contributed by atoms with van der Waals surface area (Å²) in [6.07, 6.45) is 3.63. The largest absolute Gasteiger partial charge is 0.328 e. The van der Waals surface area contributed by atoms with Crippen LogP contribution in [0.15, 0.2) is 36.5 Å². The van der Waals surface area contributed by atoms with Gasteiger partial charge in [-0.2, -0.15) is 0 Å². The minimum absolute atomic E-state index is 0.0683. The molecule has 0 unspecified atom stereocenters. The molecular weight excluding hydrogens is 270 g/mol. The summed E-state index contributed by atoms with van der Waals surface area (Å²) in [6, 6.07) is -0.0683. The number of hydrogen-bond acceptors (Lipinski definition) is 3. The molecule has 0 spiro atoms. The highest BCUT2D eigenvalue weighted by molar-refractivity contribution is 6.21. The van der Waals surface area contributed by atoms with E-state index in [4.69, 9.17) is 0 Å². The first-order valence-corrected chi connectivity index (χ1v) is 6.86. The van der Waals surface area contributed by atoms with E-state index < -0.39 is 0 Å². The van der Waals surface area contributed by atoms with Gasteiger partial charge < -0.3 is 9.80 Å². The van der Waals surface area contributed by atoms with Crippen LogP contribution >= 0.6 is 0 Å². The molecule has 0 aromatic heterocycles. The zero-order valence-electron chi connectivity index (χ0n) is 12.2. The summed E-state index contributed by atoms with van der Waals surface area (Å²) in [5.41, 5.74) is 0.550. The van der Waals surface area contributed by atoms with Crippen molar-refractivity contribution in [2.24, 2.45) is 0 Å². The molecule has 21 heavy (non-hydrogen) atoms. The molecule has 0 radical (unpaired) electrons. The SMILES string of the molecule is C=CC1=C(C=C)C(=O)N(CCN2CCCN(C)C2=O)C1=O.